The van der Waals surface area contributed by atoms with Crippen molar-refractivity contribution in [2.24, 2.45) is 0 Å². The quantitative estimate of drug-likeness (QED) is 0.206. The van der Waals surface area contributed by atoms with Gasteiger partial charge in [-0.3, -0.25) is 0 Å². The van der Waals surface area contributed by atoms with Crippen LogP contribution in [-0.4, -0.2) is 21.0 Å². The zero-order valence-corrected chi connectivity index (χ0v) is 20.9. The highest BCUT2D eigenvalue weighted by Gasteiger charge is 2.26. The Balaban J connectivity index is 1.43. The van der Waals surface area contributed by atoms with Crippen LogP contribution >= 0.6 is 0 Å². The van der Waals surface area contributed by atoms with Gasteiger partial charge in [-0.05, 0) is 67.8 Å². The molecule has 0 amide bonds. The van der Waals surface area contributed by atoms with Gasteiger partial charge < -0.3 is 14.8 Å². The fourth-order valence-corrected chi connectivity index (χ4v) is 4.62. The molecule has 0 saturated carbocycles. The third-order valence-electron chi connectivity index (χ3n) is 6.70. The maximum atomic E-state index is 14.1. The number of benzene rings is 3. The molecule has 1 aliphatic heterocycles. The van der Waals surface area contributed by atoms with E-state index in [2.05, 4.69) is 22.5 Å². The molecule has 0 bridgehead atoms. The van der Waals surface area contributed by atoms with Gasteiger partial charge in [0.05, 0.1) is 12.2 Å². The molecule has 1 aromatic heterocycles. The van der Waals surface area contributed by atoms with Gasteiger partial charge in [0.25, 0.3) is 0 Å². The maximum Gasteiger partial charge on any atom is 0.159 e. The predicted octanol–water partition coefficient (Wildman–Crippen LogP) is 7.28. The number of allylic oxidation sites excluding steroid dienone is 1. The Morgan fingerprint density at radius 1 is 0.921 bits per heavy atom. The fourth-order valence-electron chi connectivity index (χ4n) is 4.62. The summed E-state index contributed by atoms with van der Waals surface area (Å²) < 4.78 is 56.8. The average Bonchev–Trinajstić information content (AvgIpc) is 3.27. The van der Waals surface area contributed by atoms with Crippen molar-refractivity contribution in [2.75, 3.05) is 11.9 Å². The molecule has 38 heavy (non-hydrogen) atoms. The zero-order valence-electron chi connectivity index (χ0n) is 20.9. The molecule has 8 heteroatoms. The molecule has 0 aliphatic carbocycles. The highest BCUT2D eigenvalue weighted by Crippen LogP contribution is 2.34. The first-order valence-electron chi connectivity index (χ1n) is 12.3. The summed E-state index contributed by atoms with van der Waals surface area (Å²) in [5, 5.41) is 3.42. The molecule has 1 N–H and O–H groups in total. The van der Waals surface area contributed by atoms with Crippen LogP contribution in [0.3, 0.4) is 0 Å². The second kappa shape index (κ2) is 10.6. The van der Waals surface area contributed by atoms with Crippen LogP contribution in [0.2, 0.25) is 0 Å². The summed E-state index contributed by atoms with van der Waals surface area (Å²) in [6, 6.07) is 15.6. The van der Waals surface area contributed by atoms with Crippen molar-refractivity contribution in [2.45, 2.75) is 32.9 Å². The highest BCUT2D eigenvalue weighted by molar-refractivity contribution is 5.76. The molecule has 0 fully saturated rings. The van der Waals surface area contributed by atoms with Gasteiger partial charge in [-0.1, -0.05) is 30.3 Å². The van der Waals surface area contributed by atoms with Crippen molar-refractivity contribution in [3.05, 3.63) is 119 Å². The summed E-state index contributed by atoms with van der Waals surface area (Å²) in [4.78, 5) is 6.93. The summed E-state index contributed by atoms with van der Waals surface area (Å²) in [5.74, 6) is -2.16. The molecule has 3 aromatic carbocycles. The molecule has 4 aromatic rings. The number of fused-ring (bicyclic) bond motifs is 1. The Bertz CT molecular complexity index is 1530. The van der Waals surface area contributed by atoms with E-state index < -0.39 is 23.3 Å². The minimum atomic E-state index is -0.939. The van der Waals surface area contributed by atoms with E-state index in [1.54, 1.807) is 6.07 Å². The van der Waals surface area contributed by atoms with Crippen molar-refractivity contribution in [1.82, 2.24) is 14.5 Å². The first-order valence-corrected chi connectivity index (χ1v) is 12.3. The van der Waals surface area contributed by atoms with Crippen molar-refractivity contribution in [1.29, 1.82) is 0 Å². The fraction of sp³-hybridized carbons (Fsp3) is 0.200. The Kier molecular flexibility index (Phi) is 7.07. The lowest BCUT2D eigenvalue weighted by Gasteiger charge is -2.31. The second-order valence-electron chi connectivity index (χ2n) is 9.29. The van der Waals surface area contributed by atoms with Crippen molar-refractivity contribution < 1.29 is 17.6 Å². The zero-order chi connectivity index (χ0) is 26.8. The second-order valence-corrected chi connectivity index (χ2v) is 9.29. The van der Waals surface area contributed by atoms with E-state index in [4.69, 9.17) is 4.98 Å². The van der Waals surface area contributed by atoms with Gasteiger partial charge in [-0.25, -0.2) is 22.5 Å². The number of anilines is 2. The van der Waals surface area contributed by atoms with Gasteiger partial charge in [0.2, 0.25) is 0 Å². The van der Waals surface area contributed by atoms with Gasteiger partial charge in [-0.15, -0.1) is 5.73 Å². The lowest BCUT2D eigenvalue weighted by Crippen LogP contribution is -2.33. The van der Waals surface area contributed by atoms with Crippen LogP contribution in [0.5, 0.6) is 0 Å². The van der Waals surface area contributed by atoms with E-state index in [1.807, 2.05) is 35.8 Å². The molecule has 0 spiro atoms. The molecule has 0 saturated heterocycles. The van der Waals surface area contributed by atoms with Gasteiger partial charge in [0.15, 0.2) is 23.3 Å². The molecular formula is C30H26F4N4. The highest BCUT2D eigenvalue weighted by atomic mass is 19.2. The van der Waals surface area contributed by atoms with E-state index in [0.717, 1.165) is 41.0 Å². The number of halogens is 4. The monoisotopic (exact) mass is 518 g/mol. The molecule has 0 atom stereocenters. The summed E-state index contributed by atoms with van der Waals surface area (Å²) in [5.41, 5.74) is 7.46. The van der Waals surface area contributed by atoms with E-state index >= 15 is 0 Å². The van der Waals surface area contributed by atoms with Crippen LogP contribution in [0.25, 0.3) is 11.3 Å². The van der Waals surface area contributed by atoms with Crippen LogP contribution in [0, 0.1) is 30.2 Å². The van der Waals surface area contributed by atoms with Crippen molar-refractivity contribution in [3.8, 4) is 11.3 Å². The van der Waals surface area contributed by atoms with E-state index in [9.17, 15) is 17.6 Å². The minimum absolute atomic E-state index is 0.446. The van der Waals surface area contributed by atoms with Gasteiger partial charge in [-0.2, -0.15) is 0 Å². The third-order valence-corrected chi connectivity index (χ3v) is 6.70. The molecule has 0 unspecified atom stereocenters. The smallest absolute Gasteiger partial charge is 0.159 e. The van der Waals surface area contributed by atoms with Gasteiger partial charge in [0.1, 0.15) is 17.3 Å². The first-order chi connectivity index (χ1) is 18.3. The molecule has 2 heterocycles. The number of aryl methyl sites for hydroxylation is 2. The molecule has 5 rings (SSSR count). The van der Waals surface area contributed by atoms with E-state index in [-0.39, 0.29) is 0 Å². The van der Waals surface area contributed by atoms with Crippen molar-refractivity contribution in [3.63, 3.8) is 0 Å². The molecular weight excluding hydrogens is 492 g/mol. The SMILES string of the molecule is C=C=C(CCc1ccc(F)c(F)c1)N1CCn2c(nc(-c3ccc(F)c(F)c3)c2Nc2ccc(C)cc2)C1. The van der Waals surface area contributed by atoms with Gasteiger partial charge >= 0.3 is 0 Å². The van der Waals surface area contributed by atoms with E-state index in [0.29, 0.717) is 55.1 Å². The summed E-state index contributed by atoms with van der Waals surface area (Å²) in [6.45, 7) is 7.50. The average molecular weight is 519 g/mol. The Hall–Kier alpha value is -4.29. The van der Waals surface area contributed by atoms with Crippen LogP contribution in [0.1, 0.15) is 23.4 Å². The number of hydrogen-bond donors (Lipinski definition) is 1. The maximum absolute atomic E-state index is 14.1. The number of imidazole rings is 1. The number of nitrogens with one attached hydrogen (secondary N) is 1. The number of aromatic nitrogens is 2. The summed E-state index contributed by atoms with van der Waals surface area (Å²) >= 11 is 0. The lowest BCUT2D eigenvalue weighted by molar-refractivity contribution is 0.266. The lowest BCUT2D eigenvalue weighted by atomic mass is 10.1. The molecule has 0 radical (unpaired) electrons. The molecule has 194 valence electrons. The summed E-state index contributed by atoms with van der Waals surface area (Å²) in [6.07, 6.45) is 1.04. The van der Waals surface area contributed by atoms with Crippen LogP contribution in [0.4, 0.5) is 29.1 Å². The topological polar surface area (TPSA) is 33.1 Å². The van der Waals surface area contributed by atoms with Crippen molar-refractivity contribution >= 4 is 11.5 Å². The van der Waals surface area contributed by atoms with E-state index in [1.165, 1.54) is 12.1 Å². The normalized spacial score (nSPS) is 12.7. The number of nitrogens with zero attached hydrogens (tertiary/aromatic N) is 3. The van der Waals surface area contributed by atoms with Crippen LogP contribution < -0.4 is 5.32 Å². The standard InChI is InChI=1S/C30H26F4N4/c1-3-23(11-6-20-7-12-24(31)26(33)16-20)37-14-15-38-28(18-37)36-29(21-8-13-25(32)27(34)17-21)30(38)35-22-9-4-19(2)5-10-22/h4-5,7-10,12-13,16-17,35H,1,6,11,14-15,18H2,2H3. The first kappa shape index (κ1) is 25.4. The Labute approximate surface area is 218 Å². The van der Waals surface area contributed by atoms with Crippen LogP contribution in [0.15, 0.2) is 78.7 Å². The van der Waals surface area contributed by atoms with Crippen LogP contribution in [-0.2, 0) is 19.5 Å². The minimum Gasteiger partial charge on any atom is -0.359 e. The predicted molar refractivity (Wildman–Crippen MR) is 140 cm³/mol. The summed E-state index contributed by atoms with van der Waals surface area (Å²) in [7, 11) is 0. The molecule has 1 aliphatic rings. The Morgan fingerprint density at radius 2 is 1.63 bits per heavy atom. The number of rotatable bonds is 7. The van der Waals surface area contributed by atoms with Gasteiger partial charge in [0, 0.05) is 24.3 Å². The largest absolute Gasteiger partial charge is 0.359 e. The molecule has 4 nitrogen and oxygen atoms in total. The third kappa shape index (κ3) is 5.22. The Morgan fingerprint density at radius 3 is 2.32 bits per heavy atom. The number of hydrogen-bond acceptors (Lipinski definition) is 3.